The molecule has 3 N–H and O–H groups in total. The molecule has 0 radical (unpaired) electrons. The predicted molar refractivity (Wildman–Crippen MR) is 74.6 cm³/mol. The highest BCUT2D eigenvalue weighted by atomic mass is 15.2. The van der Waals surface area contributed by atoms with Gasteiger partial charge in [0.05, 0.1) is 0 Å². The van der Waals surface area contributed by atoms with Crippen molar-refractivity contribution in [2.45, 2.75) is 57.9 Å². The van der Waals surface area contributed by atoms with Gasteiger partial charge in [-0.3, -0.25) is 11.3 Å². The summed E-state index contributed by atoms with van der Waals surface area (Å²) in [5.74, 6) is 5.60. The van der Waals surface area contributed by atoms with Crippen LogP contribution in [-0.2, 0) is 6.42 Å². The summed E-state index contributed by atoms with van der Waals surface area (Å²) in [4.78, 5) is 0. The maximum Gasteiger partial charge on any atom is 0.0213 e. The molecule has 0 bridgehead atoms. The minimum atomic E-state index is 0.465. The Hall–Kier alpha value is -0.860. The van der Waals surface area contributed by atoms with Crippen LogP contribution in [0.15, 0.2) is 30.3 Å². The molecule has 17 heavy (non-hydrogen) atoms. The summed E-state index contributed by atoms with van der Waals surface area (Å²) < 4.78 is 0. The lowest BCUT2D eigenvalue weighted by Crippen LogP contribution is -2.35. The van der Waals surface area contributed by atoms with E-state index in [0.29, 0.717) is 6.04 Å². The first-order valence-electron chi connectivity index (χ1n) is 6.87. The van der Waals surface area contributed by atoms with E-state index in [9.17, 15) is 0 Å². The Morgan fingerprint density at radius 2 is 1.82 bits per heavy atom. The molecule has 1 unspecified atom stereocenters. The number of hydrogen-bond acceptors (Lipinski definition) is 2. The predicted octanol–water partition coefficient (Wildman–Crippen LogP) is 3.42. The molecule has 96 valence electrons. The van der Waals surface area contributed by atoms with Gasteiger partial charge in [0.2, 0.25) is 0 Å². The lowest BCUT2D eigenvalue weighted by atomic mass is 10.0. The van der Waals surface area contributed by atoms with Gasteiger partial charge in [-0.1, -0.05) is 62.9 Å². The monoisotopic (exact) mass is 234 g/mol. The summed E-state index contributed by atoms with van der Waals surface area (Å²) in [6.07, 6.45) is 8.71. The average molecular weight is 234 g/mol. The van der Waals surface area contributed by atoms with E-state index >= 15 is 0 Å². The molecule has 2 heteroatoms. The van der Waals surface area contributed by atoms with Crippen LogP contribution in [-0.4, -0.2) is 6.04 Å². The molecule has 0 saturated carbocycles. The highest BCUT2D eigenvalue weighted by Gasteiger charge is 2.06. The molecule has 0 aliphatic rings. The van der Waals surface area contributed by atoms with Crippen LogP contribution in [0, 0.1) is 0 Å². The van der Waals surface area contributed by atoms with Crippen molar-refractivity contribution in [3.8, 4) is 0 Å². The molecular weight excluding hydrogens is 208 g/mol. The number of hydrogen-bond donors (Lipinski definition) is 2. The highest BCUT2D eigenvalue weighted by Crippen LogP contribution is 2.11. The van der Waals surface area contributed by atoms with Crippen LogP contribution in [0.5, 0.6) is 0 Å². The van der Waals surface area contributed by atoms with E-state index in [1.165, 1.54) is 37.7 Å². The summed E-state index contributed by atoms with van der Waals surface area (Å²) in [5, 5.41) is 0. The highest BCUT2D eigenvalue weighted by molar-refractivity contribution is 5.14. The molecule has 1 aromatic rings. The van der Waals surface area contributed by atoms with Gasteiger partial charge >= 0.3 is 0 Å². The van der Waals surface area contributed by atoms with Crippen LogP contribution in [0.3, 0.4) is 0 Å². The summed E-state index contributed by atoms with van der Waals surface area (Å²) >= 11 is 0. The van der Waals surface area contributed by atoms with E-state index in [1.54, 1.807) is 0 Å². The molecule has 1 rings (SSSR count). The van der Waals surface area contributed by atoms with E-state index < -0.39 is 0 Å². The normalized spacial score (nSPS) is 12.6. The van der Waals surface area contributed by atoms with Gasteiger partial charge in [0.15, 0.2) is 0 Å². The second-order valence-corrected chi connectivity index (χ2v) is 4.74. The van der Waals surface area contributed by atoms with Crippen molar-refractivity contribution < 1.29 is 0 Å². The lowest BCUT2D eigenvalue weighted by Gasteiger charge is -2.15. The standard InChI is InChI=1S/C15H26N2/c1-2-3-4-8-11-15(17-16)13-12-14-9-6-5-7-10-14/h5-7,9-10,15,17H,2-4,8,11-13,16H2,1H3. The Morgan fingerprint density at radius 1 is 1.06 bits per heavy atom. The van der Waals surface area contributed by atoms with Crippen LogP contribution in [0.1, 0.15) is 51.0 Å². The molecule has 1 aromatic carbocycles. The Labute approximate surface area is 106 Å². The van der Waals surface area contributed by atoms with Crippen LogP contribution >= 0.6 is 0 Å². The Bertz CT molecular complexity index is 272. The molecule has 1 atom stereocenters. The first kappa shape index (κ1) is 14.2. The molecule has 0 fully saturated rings. The SMILES string of the molecule is CCCCCCC(CCc1ccccc1)NN. The van der Waals surface area contributed by atoms with Crippen molar-refractivity contribution in [1.29, 1.82) is 0 Å². The van der Waals surface area contributed by atoms with Gasteiger partial charge in [0.1, 0.15) is 0 Å². The van der Waals surface area contributed by atoms with E-state index in [0.717, 1.165) is 12.8 Å². The summed E-state index contributed by atoms with van der Waals surface area (Å²) in [5.41, 5.74) is 4.35. The first-order chi connectivity index (χ1) is 8.36. The third-order valence-corrected chi connectivity index (χ3v) is 3.27. The molecule has 0 aliphatic heterocycles. The number of nitrogens with two attached hydrogens (primary N) is 1. The van der Waals surface area contributed by atoms with E-state index in [2.05, 4.69) is 42.7 Å². The molecule has 0 heterocycles. The van der Waals surface area contributed by atoms with Crippen molar-refractivity contribution in [3.05, 3.63) is 35.9 Å². The average Bonchev–Trinajstić information content (AvgIpc) is 2.39. The van der Waals surface area contributed by atoms with Gasteiger partial charge in [0.25, 0.3) is 0 Å². The van der Waals surface area contributed by atoms with Gasteiger partial charge in [-0.25, -0.2) is 0 Å². The minimum absolute atomic E-state index is 0.465. The lowest BCUT2D eigenvalue weighted by molar-refractivity contribution is 0.441. The Kier molecular flexibility index (Phi) is 7.69. The fourth-order valence-corrected chi connectivity index (χ4v) is 2.11. The summed E-state index contributed by atoms with van der Waals surface area (Å²) in [7, 11) is 0. The third-order valence-electron chi connectivity index (χ3n) is 3.27. The number of nitrogens with one attached hydrogen (secondary N) is 1. The second-order valence-electron chi connectivity index (χ2n) is 4.74. The zero-order valence-electron chi connectivity index (χ0n) is 11.0. The zero-order valence-corrected chi connectivity index (χ0v) is 11.0. The van der Waals surface area contributed by atoms with Crippen LogP contribution in [0.2, 0.25) is 0 Å². The molecule has 2 nitrogen and oxygen atoms in total. The first-order valence-corrected chi connectivity index (χ1v) is 6.87. The van der Waals surface area contributed by atoms with E-state index in [-0.39, 0.29) is 0 Å². The molecular formula is C15H26N2. The van der Waals surface area contributed by atoms with Crippen LogP contribution in [0.4, 0.5) is 0 Å². The van der Waals surface area contributed by atoms with Crippen LogP contribution in [0.25, 0.3) is 0 Å². The molecule has 0 saturated heterocycles. The van der Waals surface area contributed by atoms with Gasteiger partial charge in [-0.2, -0.15) is 0 Å². The van der Waals surface area contributed by atoms with E-state index in [1.807, 2.05) is 0 Å². The van der Waals surface area contributed by atoms with Crippen molar-refractivity contribution in [1.82, 2.24) is 5.43 Å². The minimum Gasteiger partial charge on any atom is -0.271 e. The van der Waals surface area contributed by atoms with Crippen molar-refractivity contribution in [3.63, 3.8) is 0 Å². The maximum atomic E-state index is 5.60. The molecule has 0 spiro atoms. The fraction of sp³-hybridized carbons (Fsp3) is 0.600. The Balaban J connectivity index is 2.18. The van der Waals surface area contributed by atoms with Crippen LogP contribution < -0.4 is 11.3 Å². The largest absolute Gasteiger partial charge is 0.271 e. The van der Waals surface area contributed by atoms with E-state index in [4.69, 9.17) is 5.84 Å². The number of rotatable bonds is 9. The smallest absolute Gasteiger partial charge is 0.0213 e. The van der Waals surface area contributed by atoms with Crippen molar-refractivity contribution in [2.75, 3.05) is 0 Å². The number of aryl methyl sites for hydroxylation is 1. The topological polar surface area (TPSA) is 38.0 Å². The number of benzene rings is 1. The molecule has 0 aromatic heterocycles. The quantitative estimate of drug-likeness (QED) is 0.390. The summed E-state index contributed by atoms with van der Waals surface area (Å²) in [6, 6.07) is 11.1. The van der Waals surface area contributed by atoms with Gasteiger partial charge in [-0.05, 0) is 24.8 Å². The second kappa shape index (κ2) is 9.20. The van der Waals surface area contributed by atoms with Gasteiger partial charge in [0, 0.05) is 6.04 Å². The summed E-state index contributed by atoms with van der Waals surface area (Å²) in [6.45, 7) is 2.24. The number of unbranched alkanes of at least 4 members (excludes halogenated alkanes) is 3. The molecule has 0 amide bonds. The Morgan fingerprint density at radius 3 is 2.47 bits per heavy atom. The maximum absolute atomic E-state index is 5.60. The van der Waals surface area contributed by atoms with Crippen molar-refractivity contribution >= 4 is 0 Å². The van der Waals surface area contributed by atoms with Gasteiger partial charge < -0.3 is 0 Å². The van der Waals surface area contributed by atoms with Crippen molar-refractivity contribution in [2.24, 2.45) is 5.84 Å². The number of hydrazine groups is 1. The fourth-order valence-electron chi connectivity index (χ4n) is 2.11. The zero-order chi connectivity index (χ0) is 12.3. The third kappa shape index (κ3) is 6.44. The van der Waals surface area contributed by atoms with Gasteiger partial charge in [-0.15, -0.1) is 0 Å². The molecule has 0 aliphatic carbocycles.